The van der Waals surface area contributed by atoms with Crippen LogP contribution in [0.1, 0.15) is 37.0 Å². The number of allylic oxidation sites excluding steroid dienone is 1. The van der Waals surface area contributed by atoms with Crippen LogP contribution >= 0.6 is 11.3 Å². The van der Waals surface area contributed by atoms with Crippen molar-refractivity contribution in [1.82, 2.24) is 10.3 Å². The molecule has 1 aliphatic carbocycles. The zero-order valence-corrected chi connectivity index (χ0v) is 10.7. The SMILES string of the molecule is CNC(CC1=CCCCC1)Cc1cncs1. The van der Waals surface area contributed by atoms with E-state index in [-0.39, 0.29) is 0 Å². The molecule has 0 aliphatic heterocycles. The Hall–Kier alpha value is -0.670. The van der Waals surface area contributed by atoms with Crippen LogP contribution in [-0.2, 0) is 6.42 Å². The first kappa shape index (κ1) is 11.8. The van der Waals surface area contributed by atoms with Crippen LogP contribution in [0.15, 0.2) is 23.4 Å². The number of likely N-dealkylation sites (N-methyl/N-ethyl adjacent to an activating group) is 1. The third-order valence-electron chi connectivity index (χ3n) is 3.23. The van der Waals surface area contributed by atoms with E-state index in [1.165, 1.54) is 37.0 Å². The maximum absolute atomic E-state index is 4.13. The van der Waals surface area contributed by atoms with Crippen molar-refractivity contribution < 1.29 is 0 Å². The Morgan fingerprint density at radius 2 is 2.38 bits per heavy atom. The minimum Gasteiger partial charge on any atom is -0.316 e. The minimum atomic E-state index is 0.574. The standard InChI is InChI=1S/C13H20N2S/c1-14-12(8-13-9-15-10-16-13)7-11-5-3-2-4-6-11/h5,9-10,12,14H,2-4,6-8H2,1H3. The Morgan fingerprint density at radius 3 is 3.00 bits per heavy atom. The molecule has 3 heteroatoms. The van der Waals surface area contributed by atoms with E-state index in [0.29, 0.717) is 6.04 Å². The lowest BCUT2D eigenvalue weighted by Crippen LogP contribution is -2.28. The van der Waals surface area contributed by atoms with Crippen LogP contribution in [0.4, 0.5) is 0 Å². The normalized spacial score (nSPS) is 18.2. The molecule has 1 atom stereocenters. The molecular formula is C13H20N2S. The summed E-state index contributed by atoms with van der Waals surface area (Å²) in [4.78, 5) is 5.52. The highest BCUT2D eigenvalue weighted by Crippen LogP contribution is 2.22. The highest BCUT2D eigenvalue weighted by molar-refractivity contribution is 7.09. The second-order valence-corrected chi connectivity index (χ2v) is 5.44. The van der Waals surface area contributed by atoms with Gasteiger partial charge in [-0.05, 0) is 45.6 Å². The van der Waals surface area contributed by atoms with Gasteiger partial charge in [-0.2, -0.15) is 0 Å². The highest BCUT2D eigenvalue weighted by Gasteiger charge is 2.12. The van der Waals surface area contributed by atoms with Crippen LogP contribution in [0.5, 0.6) is 0 Å². The highest BCUT2D eigenvalue weighted by atomic mass is 32.1. The molecule has 2 nitrogen and oxygen atoms in total. The van der Waals surface area contributed by atoms with E-state index in [4.69, 9.17) is 0 Å². The molecule has 1 heterocycles. The first-order valence-electron chi connectivity index (χ1n) is 6.11. The van der Waals surface area contributed by atoms with Crippen LogP contribution in [0.2, 0.25) is 0 Å². The number of aromatic nitrogens is 1. The Bertz CT molecular complexity index is 330. The van der Waals surface area contributed by atoms with Crippen LogP contribution < -0.4 is 5.32 Å². The molecule has 16 heavy (non-hydrogen) atoms. The van der Waals surface area contributed by atoms with Crippen molar-refractivity contribution in [3.8, 4) is 0 Å². The predicted octanol–water partition coefficient (Wildman–Crippen LogP) is 3.16. The summed E-state index contributed by atoms with van der Waals surface area (Å²) in [5.41, 5.74) is 3.57. The molecule has 0 bridgehead atoms. The molecule has 1 aliphatic rings. The quantitative estimate of drug-likeness (QED) is 0.794. The van der Waals surface area contributed by atoms with E-state index in [1.54, 1.807) is 16.9 Å². The molecule has 1 aromatic heterocycles. The van der Waals surface area contributed by atoms with Gasteiger partial charge in [0.2, 0.25) is 0 Å². The van der Waals surface area contributed by atoms with E-state index >= 15 is 0 Å². The van der Waals surface area contributed by atoms with Crippen LogP contribution in [0.25, 0.3) is 0 Å². The lowest BCUT2D eigenvalue weighted by Gasteiger charge is -2.19. The number of nitrogens with zero attached hydrogens (tertiary/aromatic N) is 1. The third-order valence-corrected chi connectivity index (χ3v) is 4.03. The Morgan fingerprint density at radius 1 is 1.44 bits per heavy atom. The number of thiazole rings is 1. The van der Waals surface area contributed by atoms with Gasteiger partial charge >= 0.3 is 0 Å². The van der Waals surface area contributed by atoms with E-state index in [9.17, 15) is 0 Å². The van der Waals surface area contributed by atoms with Gasteiger partial charge in [-0.1, -0.05) is 11.6 Å². The van der Waals surface area contributed by atoms with Crippen LogP contribution in [0.3, 0.4) is 0 Å². The fourth-order valence-corrected chi connectivity index (χ4v) is 2.94. The van der Waals surface area contributed by atoms with E-state index < -0.39 is 0 Å². The number of hydrogen-bond acceptors (Lipinski definition) is 3. The van der Waals surface area contributed by atoms with E-state index in [0.717, 1.165) is 6.42 Å². The van der Waals surface area contributed by atoms with Gasteiger partial charge in [0.05, 0.1) is 5.51 Å². The van der Waals surface area contributed by atoms with E-state index in [2.05, 4.69) is 23.4 Å². The molecule has 0 radical (unpaired) electrons. The second-order valence-electron chi connectivity index (χ2n) is 4.47. The molecule has 1 aromatic rings. The van der Waals surface area contributed by atoms with Gasteiger partial charge < -0.3 is 5.32 Å². The van der Waals surface area contributed by atoms with Gasteiger partial charge in [0.25, 0.3) is 0 Å². The maximum atomic E-state index is 4.13. The summed E-state index contributed by atoms with van der Waals surface area (Å²) in [7, 11) is 2.06. The van der Waals surface area contributed by atoms with Crippen molar-refractivity contribution in [1.29, 1.82) is 0 Å². The lowest BCUT2D eigenvalue weighted by atomic mass is 9.93. The summed E-state index contributed by atoms with van der Waals surface area (Å²) in [6, 6.07) is 0.574. The van der Waals surface area contributed by atoms with Crippen molar-refractivity contribution in [2.24, 2.45) is 0 Å². The average Bonchev–Trinajstić information content (AvgIpc) is 2.82. The van der Waals surface area contributed by atoms with Crippen molar-refractivity contribution in [3.05, 3.63) is 28.2 Å². The number of hydrogen-bond donors (Lipinski definition) is 1. The molecule has 0 aromatic carbocycles. The molecule has 0 spiro atoms. The second kappa shape index (κ2) is 6.16. The maximum Gasteiger partial charge on any atom is 0.0794 e. The lowest BCUT2D eigenvalue weighted by molar-refractivity contribution is 0.535. The van der Waals surface area contributed by atoms with Gasteiger partial charge in [0, 0.05) is 17.1 Å². The average molecular weight is 236 g/mol. The third kappa shape index (κ3) is 3.42. The molecule has 1 unspecified atom stereocenters. The predicted molar refractivity (Wildman–Crippen MR) is 69.8 cm³/mol. The van der Waals surface area contributed by atoms with Crippen LogP contribution in [0, 0.1) is 0 Å². The molecule has 0 saturated heterocycles. The molecular weight excluding hydrogens is 216 g/mol. The first-order chi connectivity index (χ1) is 7.88. The van der Waals surface area contributed by atoms with E-state index in [1.807, 2.05) is 11.7 Å². The monoisotopic (exact) mass is 236 g/mol. The molecule has 1 N–H and O–H groups in total. The van der Waals surface area contributed by atoms with Crippen molar-refractivity contribution in [3.63, 3.8) is 0 Å². The largest absolute Gasteiger partial charge is 0.316 e. The molecule has 0 fully saturated rings. The summed E-state index contributed by atoms with van der Waals surface area (Å²) < 4.78 is 0. The Balaban J connectivity index is 1.87. The zero-order valence-electron chi connectivity index (χ0n) is 9.91. The van der Waals surface area contributed by atoms with Crippen molar-refractivity contribution in [2.45, 2.75) is 44.6 Å². The number of rotatable bonds is 5. The summed E-state index contributed by atoms with van der Waals surface area (Å²) in [5, 5.41) is 3.43. The topological polar surface area (TPSA) is 24.9 Å². The summed E-state index contributed by atoms with van der Waals surface area (Å²) in [5.74, 6) is 0. The molecule has 0 saturated carbocycles. The first-order valence-corrected chi connectivity index (χ1v) is 6.99. The van der Waals surface area contributed by atoms with Crippen molar-refractivity contribution >= 4 is 11.3 Å². The van der Waals surface area contributed by atoms with Gasteiger partial charge in [-0.15, -0.1) is 11.3 Å². The van der Waals surface area contributed by atoms with Crippen molar-refractivity contribution in [2.75, 3.05) is 7.05 Å². The number of nitrogens with one attached hydrogen (secondary N) is 1. The summed E-state index contributed by atoms with van der Waals surface area (Å²) in [6.45, 7) is 0. The van der Waals surface area contributed by atoms with Gasteiger partial charge in [-0.3, -0.25) is 4.98 Å². The van der Waals surface area contributed by atoms with Gasteiger partial charge in [-0.25, -0.2) is 0 Å². The fourth-order valence-electron chi connectivity index (χ4n) is 2.27. The molecule has 2 rings (SSSR count). The van der Waals surface area contributed by atoms with Crippen LogP contribution in [-0.4, -0.2) is 18.1 Å². The smallest absolute Gasteiger partial charge is 0.0794 e. The summed E-state index contributed by atoms with van der Waals surface area (Å²) in [6.07, 6.45) is 12.1. The van der Waals surface area contributed by atoms with Gasteiger partial charge in [0.1, 0.15) is 0 Å². The Labute approximate surface area is 102 Å². The minimum absolute atomic E-state index is 0.574. The molecule has 0 amide bonds. The Kier molecular flexibility index (Phi) is 4.55. The zero-order chi connectivity index (χ0) is 11.2. The molecule has 88 valence electrons. The fraction of sp³-hybridized carbons (Fsp3) is 0.615. The van der Waals surface area contributed by atoms with Gasteiger partial charge in [0.15, 0.2) is 0 Å². The summed E-state index contributed by atoms with van der Waals surface area (Å²) >= 11 is 1.76.